The summed E-state index contributed by atoms with van der Waals surface area (Å²) in [5.41, 5.74) is 6.19. The Balaban J connectivity index is 0.00000109. The lowest BCUT2D eigenvalue weighted by Gasteiger charge is -2.36. The maximum atomic E-state index is 13.4. The number of hydrogen-bond acceptors (Lipinski definition) is 4. The Kier molecular flexibility index (Phi) is 5.63. The quantitative estimate of drug-likeness (QED) is 0.789. The van der Waals surface area contributed by atoms with Crippen LogP contribution in [0.25, 0.3) is 11.3 Å². The number of hydrogen-bond donors (Lipinski definition) is 1. The second-order valence-corrected chi connectivity index (χ2v) is 6.67. The second kappa shape index (κ2) is 7.67. The molecule has 4 nitrogen and oxygen atoms in total. The Bertz CT molecular complexity index is 833. The number of alkyl halides is 3. The first-order valence-electron chi connectivity index (χ1n) is 9.13. The van der Waals surface area contributed by atoms with E-state index in [4.69, 9.17) is 15.2 Å². The van der Waals surface area contributed by atoms with E-state index in [2.05, 4.69) is 4.98 Å². The number of halogens is 4. The minimum Gasteiger partial charge on any atom is -0.490 e. The lowest BCUT2D eigenvalue weighted by atomic mass is 9.79. The van der Waals surface area contributed by atoms with Crippen LogP contribution in [0, 0.1) is 5.82 Å². The van der Waals surface area contributed by atoms with Crippen LogP contribution in [0.2, 0.25) is 0 Å². The molecule has 3 heterocycles. The molecule has 8 heteroatoms. The average Bonchev–Trinajstić information content (AvgIpc) is 3.03. The molecule has 1 unspecified atom stereocenters. The molecule has 0 aliphatic carbocycles. The standard InChI is InChI=1S/C18H16F4N2O2.C2H6/c19-11-3-1-10(2-4-11)15-16-12(17(9-26-16)7-25-8-17)5-14(24-15)13(6-23)18(20,21)22;1-2/h1-5,13H,6-9,23H2;1-2H3. The van der Waals surface area contributed by atoms with Crippen molar-refractivity contribution in [1.82, 2.24) is 4.98 Å². The fourth-order valence-corrected chi connectivity index (χ4v) is 3.37. The van der Waals surface area contributed by atoms with Crippen molar-refractivity contribution in [3.8, 4) is 17.0 Å². The van der Waals surface area contributed by atoms with Gasteiger partial charge in [-0.05, 0) is 30.3 Å². The smallest absolute Gasteiger partial charge is 0.398 e. The Morgan fingerprint density at radius 3 is 2.29 bits per heavy atom. The number of nitrogens with two attached hydrogens (primary N) is 1. The van der Waals surface area contributed by atoms with Gasteiger partial charge in [0.2, 0.25) is 0 Å². The topological polar surface area (TPSA) is 57.4 Å². The zero-order chi connectivity index (χ0) is 20.5. The van der Waals surface area contributed by atoms with Gasteiger partial charge >= 0.3 is 6.18 Å². The highest BCUT2D eigenvalue weighted by atomic mass is 19.4. The summed E-state index contributed by atoms with van der Waals surface area (Å²) < 4.78 is 64.5. The van der Waals surface area contributed by atoms with Gasteiger partial charge in [-0.1, -0.05) is 13.8 Å². The summed E-state index contributed by atoms with van der Waals surface area (Å²) in [6, 6.07) is 6.84. The third-order valence-electron chi connectivity index (χ3n) is 4.92. The average molecular weight is 398 g/mol. The molecule has 1 fully saturated rings. The molecule has 0 radical (unpaired) electrons. The van der Waals surface area contributed by atoms with Crippen LogP contribution in [0.5, 0.6) is 5.75 Å². The van der Waals surface area contributed by atoms with Crippen molar-refractivity contribution in [3.05, 3.63) is 47.4 Å². The van der Waals surface area contributed by atoms with E-state index in [0.717, 1.165) is 0 Å². The summed E-state index contributed by atoms with van der Waals surface area (Å²) >= 11 is 0. The minimum absolute atomic E-state index is 0.158. The molecule has 2 aliphatic rings. The van der Waals surface area contributed by atoms with E-state index in [-0.39, 0.29) is 11.4 Å². The number of rotatable bonds is 3. The molecule has 2 aromatic rings. The van der Waals surface area contributed by atoms with E-state index in [1.54, 1.807) is 0 Å². The van der Waals surface area contributed by atoms with Gasteiger partial charge in [0.25, 0.3) is 0 Å². The molecule has 0 saturated carbocycles. The van der Waals surface area contributed by atoms with Crippen molar-refractivity contribution in [1.29, 1.82) is 0 Å². The Hall–Kier alpha value is -2.19. The third kappa shape index (κ3) is 3.46. The van der Waals surface area contributed by atoms with E-state index in [9.17, 15) is 17.6 Å². The molecule has 1 aromatic carbocycles. The zero-order valence-corrected chi connectivity index (χ0v) is 15.6. The van der Waals surface area contributed by atoms with E-state index in [0.29, 0.717) is 36.7 Å². The number of ether oxygens (including phenoxy) is 2. The van der Waals surface area contributed by atoms with Crippen molar-refractivity contribution >= 4 is 0 Å². The van der Waals surface area contributed by atoms with Crippen molar-refractivity contribution < 1.29 is 27.0 Å². The number of fused-ring (bicyclic) bond motifs is 2. The highest BCUT2D eigenvalue weighted by Crippen LogP contribution is 2.49. The van der Waals surface area contributed by atoms with Crippen LogP contribution in [0.15, 0.2) is 30.3 Å². The van der Waals surface area contributed by atoms with E-state index in [1.807, 2.05) is 13.8 Å². The fraction of sp³-hybridized carbons (Fsp3) is 0.450. The van der Waals surface area contributed by atoms with Gasteiger partial charge in [-0.15, -0.1) is 0 Å². The van der Waals surface area contributed by atoms with Gasteiger partial charge in [0.15, 0.2) is 0 Å². The highest BCUT2D eigenvalue weighted by Gasteiger charge is 2.50. The lowest BCUT2D eigenvalue weighted by Crippen LogP contribution is -2.48. The van der Waals surface area contributed by atoms with Gasteiger partial charge in [0.05, 0.1) is 24.3 Å². The van der Waals surface area contributed by atoms with E-state index < -0.39 is 29.9 Å². The Morgan fingerprint density at radius 1 is 1.14 bits per heavy atom. The summed E-state index contributed by atoms with van der Waals surface area (Å²) in [6.45, 7) is 4.47. The highest BCUT2D eigenvalue weighted by molar-refractivity contribution is 5.71. The van der Waals surface area contributed by atoms with Crippen LogP contribution < -0.4 is 10.5 Å². The van der Waals surface area contributed by atoms with Crippen molar-refractivity contribution in [2.24, 2.45) is 5.73 Å². The van der Waals surface area contributed by atoms with Gasteiger partial charge in [0.1, 0.15) is 29.8 Å². The van der Waals surface area contributed by atoms with Gasteiger partial charge in [-0.2, -0.15) is 13.2 Å². The van der Waals surface area contributed by atoms with Gasteiger partial charge < -0.3 is 15.2 Å². The maximum Gasteiger partial charge on any atom is 0.398 e. The minimum atomic E-state index is -4.52. The third-order valence-corrected chi connectivity index (χ3v) is 4.92. The number of nitrogens with zero attached hydrogens (tertiary/aromatic N) is 1. The number of pyridine rings is 1. The van der Waals surface area contributed by atoms with Crippen LogP contribution >= 0.6 is 0 Å². The SMILES string of the molecule is CC.NCC(c1cc2c(c(-c3ccc(F)cc3)n1)OCC21COC1)C(F)(F)F. The molecular weight excluding hydrogens is 376 g/mol. The molecule has 2 N–H and O–H groups in total. The molecule has 28 heavy (non-hydrogen) atoms. The normalized spacial score (nSPS) is 17.8. The first-order chi connectivity index (χ1) is 13.3. The molecule has 1 aromatic heterocycles. The molecule has 1 spiro atoms. The molecule has 1 saturated heterocycles. The van der Waals surface area contributed by atoms with Crippen molar-refractivity contribution in [3.63, 3.8) is 0 Å². The van der Waals surface area contributed by atoms with E-state index >= 15 is 0 Å². The van der Waals surface area contributed by atoms with Crippen LogP contribution in [-0.2, 0) is 10.2 Å². The predicted molar refractivity (Wildman–Crippen MR) is 96.8 cm³/mol. The van der Waals surface area contributed by atoms with Crippen molar-refractivity contribution in [2.75, 3.05) is 26.4 Å². The second-order valence-electron chi connectivity index (χ2n) is 6.67. The Morgan fingerprint density at radius 2 is 1.79 bits per heavy atom. The largest absolute Gasteiger partial charge is 0.490 e. The zero-order valence-electron chi connectivity index (χ0n) is 15.6. The predicted octanol–water partition coefficient (Wildman–Crippen LogP) is 4.18. The molecule has 152 valence electrons. The summed E-state index contributed by atoms with van der Waals surface area (Å²) in [6.07, 6.45) is -4.52. The summed E-state index contributed by atoms with van der Waals surface area (Å²) in [7, 11) is 0. The van der Waals surface area contributed by atoms with Crippen LogP contribution in [0.4, 0.5) is 17.6 Å². The number of aromatic nitrogens is 1. The van der Waals surface area contributed by atoms with Gasteiger partial charge in [0, 0.05) is 17.7 Å². The van der Waals surface area contributed by atoms with Gasteiger partial charge in [-0.25, -0.2) is 9.37 Å². The van der Waals surface area contributed by atoms with Crippen LogP contribution in [-0.4, -0.2) is 37.5 Å². The summed E-state index contributed by atoms with van der Waals surface area (Å²) in [5.74, 6) is -1.89. The van der Waals surface area contributed by atoms with Crippen molar-refractivity contribution in [2.45, 2.75) is 31.4 Å². The maximum absolute atomic E-state index is 13.4. The molecule has 2 aliphatic heterocycles. The lowest BCUT2D eigenvalue weighted by molar-refractivity contribution is -0.148. The fourth-order valence-electron chi connectivity index (χ4n) is 3.37. The first kappa shape index (κ1) is 20.5. The first-order valence-corrected chi connectivity index (χ1v) is 9.13. The Labute approximate surface area is 160 Å². The van der Waals surface area contributed by atoms with Gasteiger partial charge in [-0.3, -0.25) is 0 Å². The molecule has 1 atom stereocenters. The monoisotopic (exact) mass is 398 g/mol. The molecule has 0 amide bonds. The van der Waals surface area contributed by atoms with Crippen LogP contribution in [0.1, 0.15) is 31.0 Å². The number of benzene rings is 1. The molecular formula is C20H22F4N2O2. The summed E-state index contributed by atoms with van der Waals surface area (Å²) in [4.78, 5) is 4.22. The van der Waals surface area contributed by atoms with E-state index in [1.165, 1.54) is 30.3 Å². The van der Waals surface area contributed by atoms with Crippen LogP contribution in [0.3, 0.4) is 0 Å². The molecule has 4 rings (SSSR count). The molecule has 0 bridgehead atoms. The summed E-state index contributed by atoms with van der Waals surface area (Å²) in [5, 5.41) is 0.